The summed E-state index contributed by atoms with van der Waals surface area (Å²) in [7, 11) is 0. The van der Waals surface area contributed by atoms with Crippen molar-refractivity contribution in [3.8, 4) is 0 Å². The van der Waals surface area contributed by atoms with Gasteiger partial charge in [-0.15, -0.1) is 0 Å². The van der Waals surface area contributed by atoms with Gasteiger partial charge in [0.1, 0.15) is 0 Å². The fourth-order valence-corrected chi connectivity index (χ4v) is 1.91. The molecule has 0 unspecified atom stereocenters. The number of hydrogen-bond acceptors (Lipinski definition) is 5. The summed E-state index contributed by atoms with van der Waals surface area (Å²) in [4.78, 5) is 13.7. The van der Waals surface area contributed by atoms with Crippen LogP contribution in [0.25, 0.3) is 0 Å². The molecule has 0 bridgehead atoms. The molecule has 1 aromatic carbocycles. The van der Waals surface area contributed by atoms with Gasteiger partial charge in [0.2, 0.25) is 6.33 Å². The topological polar surface area (TPSA) is 73.8 Å². The molecule has 0 spiro atoms. The first kappa shape index (κ1) is 13.4. The summed E-state index contributed by atoms with van der Waals surface area (Å²) < 4.78 is 25.6. The van der Waals surface area contributed by atoms with Crippen LogP contribution in [0.15, 0.2) is 35.5 Å². The lowest BCUT2D eigenvalue weighted by Crippen LogP contribution is -2.01. The van der Waals surface area contributed by atoms with Gasteiger partial charge in [-0.3, -0.25) is 0 Å². The summed E-state index contributed by atoms with van der Waals surface area (Å²) >= 11 is 0.464. The standard InChI is InChI=1S/C10H8F2N4O2S/c11-9(12)19-8-3-1-7(2-4-8)5-15-6-13-10(14-15)16(17)18/h1-4,6,9H,5H2. The molecule has 9 heteroatoms. The summed E-state index contributed by atoms with van der Waals surface area (Å²) in [6.07, 6.45) is 1.25. The van der Waals surface area contributed by atoms with Crippen molar-refractivity contribution in [1.82, 2.24) is 14.8 Å². The van der Waals surface area contributed by atoms with Crippen LogP contribution >= 0.6 is 11.8 Å². The predicted molar refractivity (Wildman–Crippen MR) is 64.1 cm³/mol. The van der Waals surface area contributed by atoms with E-state index in [0.29, 0.717) is 23.2 Å². The van der Waals surface area contributed by atoms with E-state index in [-0.39, 0.29) is 0 Å². The molecule has 0 radical (unpaired) electrons. The summed E-state index contributed by atoms with van der Waals surface area (Å²) in [5.41, 5.74) is 0.790. The van der Waals surface area contributed by atoms with E-state index < -0.39 is 16.6 Å². The Bertz CT molecular complexity index is 573. The zero-order valence-corrected chi connectivity index (χ0v) is 10.3. The minimum atomic E-state index is -2.45. The van der Waals surface area contributed by atoms with Crippen LogP contribution in [-0.2, 0) is 6.54 Å². The molecule has 1 heterocycles. The number of aromatic nitrogens is 3. The Balaban J connectivity index is 2.04. The molecule has 100 valence electrons. The molecule has 6 nitrogen and oxygen atoms in total. The summed E-state index contributed by atoms with van der Waals surface area (Å²) in [5, 5.41) is 14.1. The quantitative estimate of drug-likeness (QED) is 0.479. The van der Waals surface area contributed by atoms with Gasteiger partial charge in [0.05, 0.1) is 6.54 Å². The molecule has 2 rings (SSSR count). The second kappa shape index (κ2) is 5.74. The Labute approximate surface area is 110 Å². The zero-order valence-electron chi connectivity index (χ0n) is 9.44. The number of nitro groups is 1. The maximum atomic E-state index is 12.1. The van der Waals surface area contributed by atoms with Gasteiger partial charge in [0, 0.05) is 9.99 Å². The third-order valence-corrected chi connectivity index (χ3v) is 2.90. The first-order valence-electron chi connectivity index (χ1n) is 5.12. The molecule has 0 amide bonds. The van der Waals surface area contributed by atoms with Gasteiger partial charge >= 0.3 is 5.95 Å². The molecule has 0 N–H and O–H groups in total. The number of alkyl halides is 2. The van der Waals surface area contributed by atoms with Crippen molar-refractivity contribution in [1.29, 1.82) is 0 Å². The third kappa shape index (κ3) is 3.71. The van der Waals surface area contributed by atoms with Crippen LogP contribution in [0.3, 0.4) is 0 Å². The molecular formula is C10H8F2N4O2S. The van der Waals surface area contributed by atoms with Crippen LogP contribution in [-0.4, -0.2) is 25.4 Å². The third-order valence-electron chi connectivity index (χ3n) is 2.18. The summed E-state index contributed by atoms with van der Waals surface area (Å²) in [6, 6.07) is 6.46. The maximum absolute atomic E-state index is 12.1. The van der Waals surface area contributed by atoms with E-state index in [2.05, 4.69) is 10.1 Å². The average molecular weight is 286 g/mol. The second-order valence-electron chi connectivity index (χ2n) is 3.52. The van der Waals surface area contributed by atoms with Gasteiger partial charge in [-0.1, -0.05) is 28.9 Å². The molecule has 0 fully saturated rings. The molecule has 0 saturated carbocycles. The highest BCUT2D eigenvalue weighted by Crippen LogP contribution is 2.25. The SMILES string of the molecule is O=[N+]([O-])c1ncn(Cc2ccc(SC(F)F)cc2)n1. The molecular weight excluding hydrogens is 278 g/mol. The number of halogens is 2. The monoisotopic (exact) mass is 286 g/mol. The second-order valence-corrected chi connectivity index (χ2v) is 4.59. The Morgan fingerprint density at radius 1 is 1.37 bits per heavy atom. The highest BCUT2D eigenvalue weighted by molar-refractivity contribution is 7.99. The van der Waals surface area contributed by atoms with E-state index in [9.17, 15) is 18.9 Å². The molecule has 0 aliphatic carbocycles. The van der Waals surface area contributed by atoms with E-state index >= 15 is 0 Å². The van der Waals surface area contributed by atoms with Crippen molar-refractivity contribution >= 4 is 17.7 Å². The van der Waals surface area contributed by atoms with E-state index in [1.807, 2.05) is 0 Å². The lowest BCUT2D eigenvalue weighted by atomic mass is 10.2. The van der Waals surface area contributed by atoms with Gasteiger partial charge in [-0.05, 0) is 22.6 Å². The molecule has 0 atom stereocenters. The first-order valence-corrected chi connectivity index (χ1v) is 6.00. The van der Waals surface area contributed by atoms with Crippen LogP contribution in [0, 0.1) is 10.1 Å². The fourth-order valence-electron chi connectivity index (χ4n) is 1.41. The maximum Gasteiger partial charge on any atom is 0.490 e. The Morgan fingerprint density at radius 2 is 2.05 bits per heavy atom. The minimum absolute atomic E-state index is 0.292. The first-order chi connectivity index (χ1) is 9.04. The Kier molecular flexibility index (Phi) is 4.05. The number of thioether (sulfide) groups is 1. The van der Waals surface area contributed by atoms with E-state index in [1.54, 1.807) is 24.3 Å². The van der Waals surface area contributed by atoms with E-state index in [4.69, 9.17) is 0 Å². The normalized spacial score (nSPS) is 10.9. The number of rotatable bonds is 5. The number of nitrogens with zero attached hydrogens (tertiary/aromatic N) is 4. The predicted octanol–water partition coefficient (Wildman–Crippen LogP) is 2.55. The van der Waals surface area contributed by atoms with Crippen LogP contribution in [0.1, 0.15) is 5.56 Å². The minimum Gasteiger partial charge on any atom is -0.390 e. The van der Waals surface area contributed by atoms with Crippen molar-refractivity contribution in [2.24, 2.45) is 0 Å². The highest BCUT2D eigenvalue weighted by Gasteiger charge is 2.13. The Hall–Kier alpha value is -2.03. The van der Waals surface area contributed by atoms with E-state index in [1.165, 1.54) is 11.0 Å². The molecule has 0 aliphatic heterocycles. The van der Waals surface area contributed by atoms with Gasteiger partial charge in [-0.25, -0.2) is 0 Å². The lowest BCUT2D eigenvalue weighted by molar-refractivity contribution is -0.394. The van der Waals surface area contributed by atoms with Crippen LogP contribution in [0.2, 0.25) is 0 Å². The van der Waals surface area contributed by atoms with Crippen molar-refractivity contribution in [2.45, 2.75) is 17.2 Å². The van der Waals surface area contributed by atoms with Crippen molar-refractivity contribution in [3.63, 3.8) is 0 Å². The molecule has 19 heavy (non-hydrogen) atoms. The van der Waals surface area contributed by atoms with Crippen LogP contribution in [0.5, 0.6) is 0 Å². The van der Waals surface area contributed by atoms with Crippen molar-refractivity contribution < 1.29 is 13.7 Å². The number of benzene rings is 1. The molecule has 0 aliphatic rings. The van der Waals surface area contributed by atoms with Gasteiger partial charge in [0.15, 0.2) is 0 Å². The van der Waals surface area contributed by atoms with Crippen molar-refractivity contribution in [2.75, 3.05) is 0 Å². The van der Waals surface area contributed by atoms with Gasteiger partial charge in [0.25, 0.3) is 5.76 Å². The molecule has 1 aromatic heterocycles. The van der Waals surface area contributed by atoms with Crippen LogP contribution < -0.4 is 0 Å². The summed E-state index contributed by atoms with van der Waals surface area (Å²) in [6.45, 7) is 0.292. The zero-order chi connectivity index (χ0) is 13.8. The Morgan fingerprint density at radius 3 is 2.58 bits per heavy atom. The van der Waals surface area contributed by atoms with Crippen molar-refractivity contribution in [3.05, 3.63) is 46.3 Å². The lowest BCUT2D eigenvalue weighted by Gasteiger charge is -2.02. The highest BCUT2D eigenvalue weighted by atomic mass is 32.2. The van der Waals surface area contributed by atoms with Crippen LogP contribution in [0.4, 0.5) is 14.7 Å². The smallest absolute Gasteiger partial charge is 0.390 e. The molecule has 2 aromatic rings. The summed E-state index contributed by atoms with van der Waals surface area (Å²) in [5.74, 6) is -2.92. The average Bonchev–Trinajstić information content (AvgIpc) is 2.80. The molecule has 0 saturated heterocycles. The van der Waals surface area contributed by atoms with E-state index in [0.717, 1.165) is 5.56 Å². The van der Waals surface area contributed by atoms with Gasteiger partial charge in [-0.2, -0.15) is 13.5 Å². The van der Waals surface area contributed by atoms with Gasteiger partial charge < -0.3 is 10.1 Å². The largest absolute Gasteiger partial charge is 0.490 e. The number of hydrogen-bond donors (Lipinski definition) is 0. The fraction of sp³-hybridized carbons (Fsp3) is 0.200.